The molecule has 1 aromatic rings. The highest BCUT2D eigenvalue weighted by atomic mass is 16.5. The molecule has 0 saturated carbocycles. The molecule has 1 rings (SSSR count). The number of methoxy groups -OCH3 is 1. The largest absolute Gasteiger partial charge is 0.379 e. The van der Waals surface area contributed by atoms with Crippen LogP contribution in [0.25, 0.3) is 0 Å². The Labute approximate surface area is 97.0 Å². The Hall–Kier alpha value is -0.910. The maximum absolute atomic E-state index is 5.62. The molecule has 0 aliphatic carbocycles. The third kappa shape index (κ3) is 2.61. The van der Waals surface area contributed by atoms with Gasteiger partial charge in [0.15, 0.2) is 0 Å². The Kier molecular flexibility index (Phi) is 4.07. The summed E-state index contributed by atoms with van der Waals surface area (Å²) < 4.78 is 7.50. The average Bonchev–Trinajstić information content (AvgIpc) is 2.58. The Bertz CT molecular complexity index is 329. The summed E-state index contributed by atoms with van der Waals surface area (Å²) in [7, 11) is 3.64. The minimum Gasteiger partial charge on any atom is -0.379 e. The van der Waals surface area contributed by atoms with E-state index in [0.29, 0.717) is 0 Å². The molecule has 0 bridgehead atoms. The Balaban J connectivity index is 3.02. The number of imidazole rings is 1. The fourth-order valence-electron chi connectivity index (χ4n) is 1.96. The third-order valence-electron chi connectivity index (χ3n) is 2.73. The summed E-state index contributed by atoms with van der Waals surface area (Å²) in [6.45, 7) is 6.36. The summed E-state index contributed by atoms with van der Waals surface area (Å²) in [6, 6.07) is -0.120. The molecule has 2 unspecified atom stereocenters. The van der Waals surface area contributed by atoms with E-state index in [2.05, 4.69) is 31.2 Å². The summed E-state index contributed by atoms with van der Waals surface area (Å²) >= 11 is 0. The zero-order chi connectivity index (χ0) is 12.3. The molecule has 92 valence electrons. The predicted molar refractivity (Wildman–Crippen MR) is 63.5 cm³/mol. The smallest absolute Gasteiger partial charge is 0.129 e. The molecular weight excluding hydrogens is 204 g/mol. The number of hydrogen-bond donors (Lipinski definition) is 2. The quantitative estimate of drug-likeness (QED) is 0.593. The molecule has 3 N–H and O–H groups in total. The Morgan fingerprint density at radius 1 is 1.50 bits per heavy atom. The van der Waals surface area contributed by atoms with Crippen LogP contribution in [0.2, 0.25) is 0 Å². The molecule has 5 heteroatoms. The van der Waals surface area contributed by atoms with E-state index in [9.17, 15) is 0 Å². The highest BCUT2D eigenvalue weighted by Crippen LogP contribution is 2.31. The van der Waals surface area contributed by atoms with E-state index in [1.165, 1.54) is 0 Å². The van der Waals surface area contributed by atoms with Crippen LogP contribution in [-0.2, 0) is 11.8 Å². The molecule has 1 heterocycles. The lowest BCUT2D eigenvalue weighted by molar-refractivity contribution is -0.0147. The number of ether oxygens (including phenoxy) is 1. The van der Waals surface area contributed by atoms with Crippen LogP contribution in [0.1, 0.15) is 32.6 Å². The van der Waals surface area contributed by atoms with Gasteiger partial charge in [0, 0.05) is 26.6 Å². The molecule has 16 heavy (non-hydrogen) atoms. The van der Waals surface area contributed by atoms with Gasteiger partial charge in [-0.15, -0.1) is 0 Å². The molecule has 0 aliphatic rings. The summed E-state index contributed by atoms with van der Waals surface area (Å²) in [6.07, 6.45) is 3.61. The number of nitrogens with one attached hydrogen (secondary N) is 1. The van der Waals surface area contributed by atoms with Crippen LogP contribution in [0.5, 0.6) is 0 Å². The van der Waals surface area contributed by atoms with Crippen LogP contribution < -0.4 is 11.3 Å². The molecule has 2 atom stereocenters. The molecule has 0 aromatic carbocycles. The van der Waals surface area contributed by atoms with Crippen LogP contribution in [0.3, 0.4) is 0 Å². The van der Waals surface area contributed by atoms with Gasteiger partial charge in [-0.25, -0.2) is 10.4 Å². The molecule has 0 radical (unpaired) electrons. The van der Waals surface area contributed by atoms with Crippen molar-refractivity contribution in [1.29, 1.82) is 0 Å². The lowest BCUT2D eigenvalue weighted by atomic mass is 9.84. The van der Waals surface area contributed by atoms with Gasteiger partial charge in [-0.05, 0) is 5.41 Å². The second-order valence-corrected chi connectivity index (χ2v) is 5.06. The first-order valence-electron chi connectivity index (χ1n) is 5.38. The van der Waals surface area contributed by atoms with Crippen molar-refractivity contribution in [2.45, 2.75) is 32.9 Å². The Morgan fingerprint density at radius 2 is 2.12 bits per heavy atom. The average molecular weight is 226 g/mol. The lowest BCUT2D eigenvalue weighted by Crippen LogP contribution is -2.45. The molecule has 1 aromatic heterocycles. The van der Waals surface area contributed by atoms with Crippen molar-refractivity contribution in [3.8, 4) is 0 Å². The van der Waals surface area contributed by atoms with E-state index in [4.69, 9.17) is 10.6 Å². The number of rotatable bonds is 4. The number of nitrogens with zero attached hydrogens (tertiary/aromatic N) is 2. The standard InChI is InChI=1S/C11H22N4O/c1-11(2,3)9(16-5)8(14-12)10-13-6-7-15(10)4/h6-9,14H,12H2,1-5H3. The van der Waals surface area contributed by atoms with E-state index in [1.54, 1.807) is 13.3 Å². The summed E-state index contributed by atoms with van der Waals surface area (Å²) in [5.41, 5.74) is 2.78. The van der Waals surface area contributed by atoms with E-state index in [0.717, 1.165) is 5.82 Å². The van der Waals surface area contributed by atoms with Crippen LogP contribution in [0.4, 0.5) is 0 Å². The van der Waals surface area contributed by atoms with Gasteiger partial charge in [0.2, 0.25) is 0 Å². The van der Waals surface area contributed by atoms with E-state index in [1.807, 2.05) is 17.8 Å². The van der Waals surface area contributed by atoms with Crippen molar-refractivity contribution in [2.24, 2.45) is 18.3 Å². The lowest BCUT2D eigenvalue weighted by Gasteiger charge is -2.35. The fraction of sp³-hybridized carbons (Fsp3) is 0.727. The number of nitrogens with two attached hydrogens (primary N) is 1. The van der Waals surface area contributed by atoms with Gasteiger partial charge in [-0.1, -0.05) is 20.8 Å². The van der Waals surface area contributed by atoms with Crippen molar-refractivity contribution >= 4 is 0 Å². The van der Waals surface area contributed by atoms with Gasteiger partial charge in [0.25, 0.3) is 0 Å². The molecule has 0 spiro atoms. The highest BCUT2D eigenvalue weighted by molar-refractivity contribution is 5.03. The van der Waals surface area contributed by atoms with Gasteiger partial charge in [0.1, 0.15) is 11.9 Å². The maximum atomic E-state index is 5.62. The first-order valence-corrected chi connectivity index (χ1v) is 5.38. The number of aryl methyl sites for hydroxylation is 1. The molecule has 0 saturated heterocycles. The van der Waals surface area contributed by atoms with Gasteiger partial charge in [0.05, 0.1) is 6.10 Å². The molecule has 0 fully saturated rings. The van der Waals surface area contributed by atoms with Crippen LogP contribution in [0.15, 0.2) is 12.4 Å². The third-order valence-corrected chi connectivity index (χ3v) is 2.73. The minimum atomic E-state index is -0.120. The summed E-state index contributed by atoms with van der Waals surface area (Å²) in [4.78, 5) is 4.31. The normalized spacial score (nSPS) is 16.1. The SMILES string of the molecule is COC(C(NN)c1nccn1C)C(C)(C)C. The molecule has 5 nitrogen and oxygen atoms in total. The molecule has 0 aliphatic heterocycles. The summed E-state index contributed by atoms with van der Waals surface area (Å²) in [5.74, 6) is 6.50. The van der Waals surface area contributed by atoms with E-state index < -0.39 is 0 Å². The topological polar surface area (TPSA) is 65.1 Å². The van der Waals surface area contributed by atoms with Gasteiger partial charge < -0.3 is 9.30 Å². The van der Waals surface area contributed by atoms with Gasteiger partial charge >= 0.3 is 0 Å². The highest BCUT2D eigenvalue weighted by Gasteiger charge is 2.34. The number of hydrogen-bond acceptors (Lipinski definition) is 4. The Morgan fingerprint density at radius 3 is 2.44 bits per heavy atom. The van der Waals surface area contributed by atoms with Crippen molar-refractivity contribution < 1.29 is 4.74 Å². The second-order valence-electron chi connectivity index (χ2n) is 5.06. The number of hydrazine groups is 1. The summed E-state index contributed by atoms with van der Waals surface area (Å²) in [5, 5.41) is 0. The molecular formula is C11H22N4O. The first-order chi connectivity index (χ1) is 7.41. The maximum Gasteiger partial charge on any atom is 0.129 e. The van der Waals surface area contributed by atoms with Crippen molar-refractivity contribution in [1.82, 2.24) is 15.0 Å². The second kappa shape index (κ2) is 4.95. The molecule has 0 amide bonds. The van der Waals surface area contributed by atoms with Crippen LogP contribution in [0, 0.1) is 5.41 Å². The van der Waals surface area contributed by atoms with Crippen molar-refractivity contribution in [2.75, 3.05) is 7.11 Å². The monoisotopic (exact) mass is 226 g/mol. The van der Waals surface area contributed by atoms with Gasteiger partial charge in [-0.2, -0.15) is 0 Å². The predicted octanol–water partition coefficient (Wildman–Crippen LogP) is 0.986. The van der Waals surface area contributed by atoms with Gasteiger partial charge in [-0.3, -0.25) is 5.84 Å². The van der Waals surface area contributed by atoms with Crippen LogP contribution >= 0.6 is 0 Å². The van der Waals surface area contributed by atoms with E-state index >= 15 is 0 Å². The first kappa shape index (κ1) is 13.2. The van der Waals surface area contributed by atoms with Crippen molar-refractivity contribution in [3.63, 3.8) is 0 Å². The zero-order valence-electron chi connectivity index (χ0n) is 10.7. The van der Waals surface area contributed by atoms with Crippen molar-refractivity contribution in [3.05, 3.63) is 18.2 Å². The number of aromatic nitrogens is 2. The zero-order valence-corrected chi connectivity index (χ0v) is 10.7. The fourth-order valence-corrected chi connectivity index (χ4v) is 1.96. The van der Waals surface area contributed by atoms with E-state index in [-0.39, 0.29) is 17.6 Å². The van der Waals surface area contributed by atoms with Crippen LogP contribution in [-0.4, -0.2) is 22.8 Å². The minimum absolute atomic E-state index is 0.0161.